The van der Waals surface area contributed by atoms with Gasteiger partial charge in [0.2, 0.25) is 11.8 Å². The number of ether oxygens (including phenoxy) is 2. The first-order valence-electron chi connectivity index (χ1n) is 10.8. The van der Waals surface area contributed by atoms with Crippen LogP contribution in [0.25, 0.3) is 0 Å². The van der Waals surface area contributed by atoms with Gasteiger partial charge in [-0.05, 0) is 61.9 Å². The molecule has 1 aliphatic heterocycles. The van der Waals surface area contributed by atoms with E-state index >= 15 is 0 Å². The fourth-order valence-electron chi connectivity index (χ4n) is 3.67. The third-order valence-corrected chi connectivity index (χ3v) is 5.28. The highest BCUT2D eigenvalue weighted by molar-refractivity contribution is 5.96. The summed E-state index contributed by atoms with van der Waals surface area (Å²) in [5, 5.41) is 2.94. The van der Waals surface area contributed by atoms with Gasteiger partial charge in [0.25, 0.3) is 0 Å². The Hall–Kier alpha value is -3.06. The first-order valence-corrected chi connectivity index (χ1v) is 10.8. The standard InChI is InChI=1S/C24H31N3O4/c1-4-26(16-18-8-13-21(31-5-2)22(15-18)30-3)17-23(28)25-19-9-11-20(12-10-19)27-14-6-7-24(27)29/h8-13,15H,4-7,14,16-17H2,1-3H3,(H,25,28). The second-order valence-corrected chi connectivity index (χ2v) is 7.47. The van der Waals surface area contributed by atoms with Crippen LogP contribution in [0.5, 0.6) is 11.5 Å². The number of likely N-dealkylation sites (N-methyl/N-ethyl adjacent to an activating group) is 1. The van der Waals surface area contributed by atoms with Gasteiger partial charge in [-0.1, -0.05) is 13.0 Å². The minimum absolute atomic E-state index is 0.0789. The Balaban J connectivity index is 1.56. The van der Waals surface area contributed by atoms with Crippen LogP contribution in [0.4, 0.5) is 11.4 Å². The van der Waals surface area contributed by atoms with Crippen LogP contribution in [0.15, 0.2) is 42.5 Å². The van der Waals surface area contributed by atoms with E-state index in [0.717, 1.165) is 36.4 Å². The van der Waals surface area contributed by atoms with Crippen molar-refractivity contribution in [2.75, 3.05) is 43.6 Å². The molecule has 7 heteroatoms. The molecule has 3 rings (SSSR count). The fourth-order valence-corrected chi connectivity index (χ4v) is 3.67. The summed E-state index contributed by atoms with van der Waals surface area (Å²) < 4.78 is 11.0. The average molecular weight is 426 g/mol. The zero-order valence-corrected chi connectivity index (χ0v) is 18.5. The van der Waals surface area contributed by atoms with Crippen LogP contribution in [-0.4, -0.2) is 50.1 Å². The van der Waals surface area contributed by atoms with Crippen LogP contribution in [0.1, 0.15) is 32.3 Å². The van der Waals surface area contributed by atoms with Gasteiger partial charge < -0.3 is 19.7 Å². The van der Waals surface area contributed by atoms with Crippen LogP contribution in [0.2, 0.25) is 0 Å². The predicted octanol–water partition coefficient (Wildman–Crippen LogP) is 3.68. The van der Waals surface area contributed by atoms with Crippen LogP contribution in [0, 0.1) is 0 Å². The highest BCUT2D eigenvalue weighted by Crippen LogP contribution is 2.28. The monoisotopic (exact) mass is 425 g/mol. The molecular formula is C24H31N3O4. The summed E-state index contributed by atoms with van der Waals surface area (Å²) in [7, 11) is 1.62. The summed E-state index contributed by atoms with van der Waals surface area (Å²) in [6, 6.07) is 13.3. The molecule has 0 aliphatic carbocycles. The Bertz CT molecular complexity index is 898. The zero-order chi connectivity index (χ0) is 22.2. The van der Waals surface area contributed by atoms with Crippen LogP contribution >= 0.6 is 0 Å². The predicted molar refractivity (Wildman–Crippen MR) is 122 cm³/mol. The van der Waals surface area contributed by atoms with Crippen LogP contribution in [0.3, 0.4) is 0 Å². The molecule has 1 N–H and O–H groups in total. The van der Waals surface area contributed by atoms with Crippen molar-refractivity contribution < 1.29 is 19.1 Å². The highest BCUT2D eigenvalue weighted by atomic mass is 16.5. The van der Waals surface area contributed by atoms with E-state index in [4.69, 9.17) is 9.47 Å². The van der Waals surface area contributed by atoms with Gasteiger partial charge in [0.1, 0.15) is 0 Å². The molecule has 1 aliphatic rings. The van der Waals surface area contributed by atoms with Gasteiger partial charge in [0.05, 0.1) is 20.3 Å². The lowest BCUT2D eigenvalue weighted by Crippen LogP contribution is -2.32. The summed E-state index contributed by atoms with van der Waals surface area (Å²) >= 11 is 0. The Morgan fingerprint density at radius 2 is 1.90 bits per heavy atom. The molecule has 0 bridgehead atoms. The summed E-state index contributed by atoms with van der Waals surface area (Å²) in [5.74, 6) is 1.48. The topological polar surface area (TPSA) is 71.1 Å². The van der Waals surface area contributed by atoms with Gasteiger partial charge in [0, 0.05) is 30.9 Å². The van der Waals surface area contributed by atoms with Gasteiger partial charge in [0.15, 0.2) is 11.5 Å². The second kappa shape index (κ2) is 10.8. The van der Waals surface area contributed by atoms with Gasteiger partial charge in [-0.25, -0.2) is 0 Å². The molecule has 0 spiro atoms. The number of rotatable bonds is 10. The third-order valence-electron chi connectivity index (χ3n) is 5.28. The maximum absolute atomic E-state index is 12.6. The molecule has 0 atom stereocenters. The Morgan fingerprint density at radius 1 is 1.13 bits per heavy atom. The molecule has 2 aromatic rings. The molecule has 2 amide bonds. The molecule has 31 heavy (non-hydrogen) atoms. The van der Waals surface area contributed by atoms with Crippen molar-refractivity contribution in [3.05, 3.63) is 48.0 Å². The molecule has 2 aromatic carbocycles. The number of nitrogens with one attached hydrogen (secondary N) is 1. The normalized spacial score (nSPS) is 13.5. The molecule has 0 saturated carbocycles. The van der Waals surface area contributed by atoms with E-state index in [1.54, 1.807) is 12.0 Å². The smallest absolute Gasteiger partial charge is 0.238 e. The zero-order valence-electron chi connectivity index (χ0n) is 18.5. The number of methoxy groups -OCH3 is 1. The van der Waals surface area contributed by atoms with Crippen molar-refractivity contribution >= 4 is 23.2 Å². The molecule has 0 unspecified atom stereocenters. The minimum Gasteiger partial charge on any atom is -0.493 e. The lowest BCUT2D eigenvalue weighted by Gasteiger charge is -2.21. The van der Waals surface area contributed by atoms with E-state index in [1.807, 2.05) is 56.3 Å². The van der Waals surface area contributed by atoms with Crippen molar-refractivity contribution in [3.8, 4) is 11.5 Å². The van der Waals surface area contributed by atoms with Crippen molar-refractivity contribution in [2.24, 2.45) is 0 Å². The lowest BCUT2D eigenvalue weighted by molar-refractivity contribution is -0.118. The molecule has 7 nitrogen and oxygen atoms in total. The van der Waals surface area contributed by atoms with E-state index in [9.17, 15) is 9.59 Å². The molecule has 1 fully saturated rings. The summed E-state index contributed by atoms with van der Waals surface area (Å²) in [6.07, 6.45) is 1.50. The molecule has 1 heterocycles. The fraction of sp³-hybridized carbons (Fsp3) is 0.417. The Kier molecular flexibility index (Phi) is 7.89. The molecule has 0 radical (unpaired) electrons. The minimum atomic E-state index is -0.0789. The van der Waals surface area contributed by atoms with E-state index < -0.39 is 0 Å². The van der Waals surface area contributed by atoms with Crippen LogP contribution in [-0.2, 0) is 16.1 Å². The van der Waals surface area contributed by atoms with Crippen molar-refractivity contribution in [1.82, 2.24) is 4.90 Å². The number of amides is 2. The van der Waals surface area contributed by atoms with E-state index in [0.29, 0.717) is 31.1 Å². The Morgan fingerprint density at radius 3 is 2.52 bits per heavy atom. The summed E-state index contributed by atoms with van der Waals surface area (Å²) in [4.78, 5) is 28.3. The summed E-state index contributed by atoms with van der Waals surface area (Å²) in [5.41, 5.74) is 2.65. The van der Waals surface area contributed by atoms with Crippen molar-refractivity contribution in [2.45, 2.75) is 33.2 Å². The van der Waals surface area contributed by atoms with Gasteiger partial charge in [-0.2, -0.15) is 0 Å². The first kappa shape index (κ1) is 22.6. The Labute approximate surface area is 183 Å². The largest absolute Gasteiger partial charge is 0.493 e. The van der Waals surface area contributed by atoms with Crippen molar-refractivity contribution in [1.29, 1.82) is 0 Å². The van der Waals surface area contributed by atoms with Crippen LogP contribution < -0.4 is 19.7 Å². The van der Waals surface area contributed by atoms with Crippen molar-refractivity contribution in [3.63, 3.8) is 0 Å². The maximum atomic E-state index is 12.6. The quantitative estimate of drug-likeness (QED) is 0.629. The highest BCUT2D eigenvalue weighted by Gasteiger charge is 2.21. The molecule has 166 valence electrons. The number of hydrogen-bond donors (Lipinski definition) is 1. The SMILES string of the molecule is CCOc1ccc(CN(CC)CC(=O)Nc2ccc(N3CCCC3=O)cc2)cc1OC. The number of carbonyl (C=O) groups is 2. The molecule has 1 saturated heterocycles. The van der Waals surface area contributed by atoms with E-state index in [-0.39, 0.29) is 18.4 Å². The first-order chi connectivity index (χ1) is 15.0. The van der Waals surface area contributed by atoms with E-state index in [1.165, 1.54) is 0 Å². The van der Waals surface area contributed by atoms with E-state index in [2.05, 4.69) is 10.2 Å². The number of nitrogens with zero attached hydrogens (tertiary/aromatic N) is 2. The van der Waals surface area contributed by atoms with Gasteiger partial charge in [-0.3, -0.25) is 14.5 Å². The number of hydrogen-bond acceptors (Lipinski definition) is 5. The number of benzene rings is 2. The average Bonchev–Trinajstić information content (AvgIpc) is 3.20. The molecule has 0 aromatic heterocycles. The van der Waals surface area contributed by atoms with Gasteiger partial charge in [-0.15, -0.1) is 0 Å². The third kappa shape index (κ3) is 5.98. The molecular weight excluding hydrogens is 394 g/mol. The second-order valence-electron chi connectivity index (χ2n) is 7.47. The summed E-state index contributed by atoms with van der Waals surface area (Å²) in [6.45, 7) is 6.93. The van der Waals surface area contributed by atoms with Gasteiger partial charge >= 0.3 is 0 Å². The lowest BCUT2D eigenvalue weighted by atomic mass is 10.2. The number of anilines is 2. The maximum Gasteiger partial charge on any atom is 0.238 e. The number of carbonyl (C=O) groups excluding carboxylic acids is 2.